The van der Waals surface area contributed by atoms with Gasteiger partial charge in [0.1, 0.15) is 17.3 Å². The Balaban J connectivity index is 1.87. The summed E-state index contributed by atoms with van der Waals surface area (Å²) in [6.07, 6.45) is 4.57. The highest BCUT2D eigenvalue weighted by Crippen LogP contribution is 2.40. The van der Waals surface area contributed by atoms with Crippen LogP contribution in [0, 0.1) is 12.7 Å². The second-order valence-corrected chi connectivity index (χ2v) is 6.75. The van der Waals surface area contributed by atoms with Crippen LogP contribution < -0.4 is 0 Å². The monoisotopic (exact) mass is 392 g/mol. The molecule has 1 saturated heterocycles. The largest absolute Gasteiger partial charge is 0.507 e. The van der Waals surface area contributed by atoms with Crippen molar-refractivity contribution in [3.63, 3.8) is 0 Å². The molecule has 0 spiro atoms. The third kappa shape index (κ3) is 3.31. The highest BCUT2D eigenvalue weighted by Gasteiger charge is 2.46. The van der Waals surface area contributed by atoms with Gasteiger partial charge in [0.2, 0.25) is 0 Å². The van der Waals surface area contributed by atoms with Gasteiger partial charge in [-0.1, -0.05) is 0 Å². The van der Waals surface area contributed by atoms with Gasteiger partial charge in [-0.25, -0.2) is 4.39 Å². The molecule has 0 bridgehead atoms. The van der Waals surface area contributed by atoms with Crippen molar-refractivity contribution < 1.29 is 23.5 Å². The molecule has 1 amide bonds. The van der Waals surface area contributed by atoms with Crippen LogP contribution in [0.15, 0.2) is 71.1 Å². The molecule has 29 heavy (non-hydrogen) atoms. The summed E-state index contributed by atoms with van der Waals surface area (Å²) in [7, 11) is 0. The molecule has 0 radical (unpaired) electrons. The number of pyridine rings is 1. The fraction of sp³-hybridized carbons (Fsp3) is 0.136. The zero-order chi connectivity index (χ0) is 20.5. The van der Waals surface area contributed by atoms with E-state index in [0.29, 0.717) is 16.9 Å². The van der Waals surface area contributed by atoms with Gasteiger partial charge in [-0.2, -0.15) is 0 Å². The summed E-state index contributed by atoms with van der Waals surface area (Å²) >= 11 is 0. The van der Waals surface area contributed by atoms with Gasteiger partial charge in [0, 0.05) is 18.0 Å². The number of aliphatic hydroxyl groups excluding tert-OH is 1. The van der Waals surface area contributed by atoms with Crippen molar-refractivity contribution in [2.24, 2.45) is 0 Å². The smallest absolute Gasteiger partial charge is 0.296 e. The molecular weight excluding hydrogens is 375 g/mol. The van der Waals surface area contributed by atoms with E-state index in [1.807, 2.05) is 0 Å². The number of hydrogen-bond donors (Lipinski definition) is 1. The van der Waals surface area contributed by atoms with E-state index >= 15 is 0 Å². The number of ketones is 1. The molecule has 4 rings (SSSR count). The number of likely N-dealkylation sites (tertiary alicyclic amines) is 1. The number of carbonyl (C=O) groups is 2. The van der Waals surface area contributed by atoms with Crippen LogP contribution in [0.2, 0.25) is 0 Å². The summed E-state index contributed by atoms with van der Waals surface area (Å²) in [6, 6.07) is 9.94. The highest BCUT2D eigenvalue weighted by atomic mass is 19.1. The number of aryl methyl sites for hydroxylation is 1. The van der Waals surface area contributed by atoms with E-state index in [9.17, 15) is 19.1 Å². The lowest BCUT2D eigenvalue weighted by Gasteiger charge is -2.24. The topological polar surface area (TPSA) is 83.6 Å². The molecule has 2 aromatic heterocycles. The van der Waals surface area contributed by atoms with Crippen LogP contribution in [0.3, 0.4) is 0 Å². The minimum absolute atomic E-state index is 0.0567. The third-order valence-corrected chi connectivity index (χ3v) is 4.90. The van der Waals surface area contributed by atoms with Crippen LogP contribution in [0.4, 0.5) is 4.39 Å². The number of aromatic nitrogens is 1. The quantitative estimate of drug-likeness (QED) is 0.415. The molecule has 1 aliphatic heterocycles. The summed E-state index contributed by atoms with van der Waals surface area (Å²) in [4.78, 5) is 31.0. The molecule has 1 N–H and O–H groups in total. The molecule has 7 heteroatoms. The molecule has 3 heterocycles. The fourth-order valence-corrected chi connectivity index (χ4v) is 3.45. The van der Waals surface area contributed by atoms with Crippen molar-refractivity contribution in [2.75, 3.05) is 0 Å². The minimum atomic E-state index is -0.826. The van der Waals surface area contributed by atoms with Crippen molar-refractivity contribution in [1.29, 1.82) is 0 Å². The normalized spacial score (nSPS) is 18.4. The standard InChI is InChI=1S/C22H17FN2O4/c1-13-11-15(4-5-17(13)23)20(26)18-19(14-6-8-24-9-7-14)25(22(28)21(18)27)12-16-3-2-10-29-16/h2-11,19,26H,12H2,1H3/b20-18-. The molecule has 6 nitrogen and oxygen atoms in total. The molecule has 0 aliphatic carbocycles. The molecule has 1 fully saturated rings. The number of benzene rings is 1. The number of nitrogens with zero attached hydrogens (tertiary/aromatic N) is 2. The van der Waals surface area contributed by atoms with E-state index in [-0.39, 0.29) is 23.4 Å². The van der Waals surface area contributed by atoms with Gasteiger partial charge in [0.25, 0.3) is 11.7 Å². The van der Waals surface area contributed by atoms with Crippen molar-refractivity contribution in [3.05, 3.63) is 95.0 Å². The van der Waals surface area contributed by atoms with Crippen LogP contribution in [-0.4, -0.2) is 26.7 Å². The molecule has 1 atom stereocenters. The number of aliphatic hydroxyl groups is 1. The number of furan rings is 1. The summed E-state index contributed by atoms with van der Waals surface area (Å²) < 4.78 is 19.0. The maximum atomic E-state index is 13.6. The lowest BCUT2D eigenvalue weighted by atomic mass is 9.95. The number of Topliss-reactive ketones (excluding diaryl/α,β-unsaturated/α-hetero) is 1. The first-order chi connectivity index (χ1) is 14.0. The highest BCUT2D eigenvalue weighted by molar-refractivity contribution is 6.46. The Morgan fingerprint density at radius 3 is 2.62 bits per heavy atom. The number of halogens is 1. The number of rotatable bonds is 4. The van der Waals surface area contributed by atoms with Gasteiger partial charge >= 0.3 is 0 Å². The zero-order valence-electron chi connectivity index (χ0n) is 15.5. The summed E-state index contributed by atoms with van der Waals surface area (Å²) in [5.74, 6) is -1.83. The van der Waals surface area contributed by atoms with Crippen molar-refractivity contribution in [1.82, 2.24) is 9.88 Å². The summed E-state index contributed by atoms with van der Waals surface area (Å²) in [6.45, 7) is 1.62. The van der Waals surface area contributed by atoms with Gasteiger partial charge in [0.15, 0.2) is 0 Å². The SMILES string of the molecule is Cc1cc(/C(O)=C2/C(=O)C(=O)N(Cc3ccco3)C2c2ccncc2)ccc1F. The Bertz CT molecular complexity index is 1110. The Labute approximate surface area is 165 Å². The Morgan fingerprint density at radius 2 is 1.97 bits per heavy atom. The molecule has 1 aliphatic rings. The van der Waals surface area contributed by atoms with Crippen LogP contribution in [0.1, 0.15) is 28.5 Å². The second-order valence-electron chi connectivity index (χ2n) is 6.75. The van der Waals surface area contributed by atoms with Gasteiger partial charge in [-0.3, -0.25) is 14.6 Å². The van der Waals surface area contributed by atoms with Crippen LogP contribution in [0.5, 0.6) is 0 Å². The fourth-order valence-electron chi connectivity index (χ4n) is 3.45. The average Bonchev–Trinajstić information content (AvgIpc) is 3.32. The third-order valence-electron chi connectivity index (χ3n) is 4.90. The predicted molar refractivity (Wildman–Crippen MR) is 102 cm³/mol. The van der Waals surface area contributed by atoms with Crippen LogP contribution in [-0.2, 0) is 16.1 Å². The first-order valence-corrected chi connectivity index (χ1v) is 8.94. The lowest BCUT2D eigenvalue weighted by Crippen LogP contribution is -2.29. The van der Waals surface area contributed by atoms with Crippen LogP contribution in [0.25, 0.3) is 5.76 Å². The van der Waals surface area contributed by atoms with Crippen molar-refractivity contribution >= 4 is 17.4 Å². The summed E-state index contributed by atoms with van der Waals surface area (Å²) in [5.41, 5.74) is 1.14. The number of amides is 1. The van der Waals surface area contributed by atoms with Gasteiger partial charge in [-0.15, -0.1) is 0 Å². The van der Waals surface area contributed by atoms with E-state index in [1.165, 1.54) is 29.4 Å². The predicted octanol–water partition coefficient (Wildman–Crippen LogP) is 3.74. The van der Waals surface area contributed by atoms with Crippen molar-refractivity contribution in [2.45, 2.75) is 19.5 Å². The van der Waals surface area contributed by atoms with E-state index in [2.05, 4.69) is 4.98 Å². The van der Waals surface area contributed by atoms with Crippen LogP contribution >= 0.6 is 0 Å². The average molecular weight is 392 g/mol. The second kappa shape index (κ2) is 7.35. The van der Waals surface area contributed by atoms with E-state index < -0.39 is 23.5 Å². The minimum Gasteiger partial charge on any atom is -0.507 e. The first kappa shape index (κ1) is 18.6. The maximum Gasteiger partial charge on any atom is 0.296 e. The Kier molecular flexibility index (Phi) is 4.72. The molecule has 1 unspecified atom stereocenters. The zero-order valence-corrected chi connectivity index (χ0v) is 15.5. The number of hydrogen-bond acceptors (Lipinski definition) is 5. The molecule has 1 aromatic carbocycles. The molecule has 146 valence electrons. The van der Waals surface area contributed by atoms with E-state index in [1.54, 1.807) is 43.6 Å². The molecule has 3 aromatic rings. The number of carbonyl (C=O) groups excluding carboxylic acids is 2. The van der Waals surface area contributed by atoms with E-state index in [0.717, 1.165) is 0 Å². The van der Waals surface area contributed by atoms with Gasteiger partial charge in [0.05, 0.1) is 24.4 Å². The van der Waals surface area contributed by atoms with Crippen molar-refractivity contribution in [3.8, 4) is 0 Å². The maximum absolute atomic E-state index is 13.6. The Hall–Kier alpha value is -3.74. The van der Waals surface area contributed by atoms with E-state index in [4.69, 9.17) is 4.42 Å². The molecule has 0 saturated carbocycles. The summed E-state index contributed by atoms with van der Waals surface area (Å²) in [5, 5.41) is 10.9. The first-order valence-electron chi connectivity index (χ1n) is 8.94. The van der Waals surface area contributed by atoms with Gasteiger partial charge < -0.3 is 14.4 Å². The lowest BCUT2D eigenvalue weighted by molar-refractivity contribution is -0.140. The Morgan fingerprint density at radius 1 is 1.21 bits per heavy atom. The van der Waals surface area contributed by atoms with Gasteiger partial charge in [-0.05, 0) is 60.5 Å². The molecular formula is C22H17FN2O4.